The lowest BCUT2D eigenvalue weighted by atomic mass is 9.93. The van der Waals surface area contributed by atoms with Crippen molar-refractivity contribution in [3.63, 3.8) is 0 Å². The standard InChI is InChI=1S/C20H31NS/c1-17-6-8-20(9-7-17)22-15-12-18-10-13-21(14-11-18)16-19-4-2-3-5-19/h6-9,18-19H,2-5,10-16H2,1H3. The molecule has 0 aromatic heterocycles. The first-order valence-corrected chi connectivity index (χ1v) is 10.2. The van der Waals surface area contributed by atoms with E-state index in [-0.39, 0.29) is 0 Å². The summed E-state index contributed by atoms with van der Waals surface area (Å²) >= 11 is 2.04. The highest BCUT2D eigenvalue weighted by atomic mass is 32.2. The quantitative estimate of drug-likeness (QED) is 0.648. The lowest BCUT2D eigenvalue weighted by Gasteiger charge is -2.33. The van der Waals surface area contributed by atoms with Gasteiger partial charge in [0.05, 0.1) is 0 Å². The fourth-order valence-corrected chi connectivity index (χ4v) is 5.01. The van der Waals surface area contributed by atoms with Crippen LogP contribution in [0.2, 0.25) is 0 Å². The Morgan fingerprint density at radius 2 is 1.64 bits per heavy atom. The van der Waals surface area contributed by atoms with Crippen LogP contribution in [0.15, 0.2) is 29.2 Å². The smallest absolute Gasteiger partial charge is 0.00721 e. The molecule has 1 saturated heterocycles. The first kappa shape index (κ1) is 16.4. The summed E-state index contributed by atoms with van der Waals surface area (Å²) in [6.45, 7) is 6.27. The molecule has 1 aromatic rings. The highest BCUT2D eigenvalue weighted by molar-refractivity contribution is 7.99. The zero-order chi connectivity index (χ0) is 15.2. The lowest BCUT2D eigenvalue weighted by molar-refractivity contribution is 0.160. The summed E-state index contributed by atoms with van der Waals surface area (Å²) in [6.07, 6.45) is 10.2. The fraction of sp³-hybridized carbons (Fsp3) is 0.700. The van der Waals surface area contributed by atoms with Gasteiger partial charge in [0.1, 0.15) is 0 Å². The third-order valence-electron chi connectivity index (χ3n) is 5.51. The maximum atomic E-state index is 2.75. The van der Waals surface area contributed by atoms with E-state index in [1.165, 1.54) is 80.8 Å². The van der Waals surface area contributed by atoms with Crippen LogP contribution >= 0.6 is 11.8 Å². The van der Waals surface area contributed by atoms with Crippen molar-refractivity contribution in [2.24, 2.45) is 11.8 Å². The molecule has 1 nitrogen and oxygen atoms in total. The molecular weight excluding hydrogens is 286 g/mol. The number of likely N-dealkylation sites (tertiary alicyclic amines) is 1. The van der Waals surface area contributed by atoms with Crippen LogP contribution in [0.4, 0.5) is 0 Å². The Morgan fingerprint density at radius 3 is 2.32 bits per heavy atom. The van der Waals surface area contributed by atoms with Gasteiger partial charge in [-0.1, -0.05) is 30.5 Å². The predicted molar refractivity (Wildman–Crippen MR) is 97.6 cm³/mol. The summed E-state index contributed by atoms with van der Waals surface area (Å²) in [5, 5.41) is 0. The normalized spacial score (nSPS) is 21.5. The number of benzene rings is 1. The third kappa shape index (κ3) is 5.03. The van der Waals surface area contributed by atoms with Gasteiger partial charge >= 0.3 is 0 Å². The summed E-state index contributed by atoms with van der Waals surface area (Å²) in [6, 6.07) is 8.99. The highest BCUT2D eigenvalue weighted by Gasteiger charge is 2.23. The van der Waals surface area contributed by atoms with E-state index in [0.29, 0.717) is 0 Å². The lowest BCUT2D eigenvalue weighted by Crippen LogP contribution is -2.36. The average molecular weight is 318 g/mol. The maximum Gasteiger partial charge on any atom is 0.00721 e. The average Bonchev–Trinajstić information content (AvgIpc) is 3.04. The molecule has 0 amide bonds. The van der Waals surface area contributed by atoms with E-state index in [1.54, 1.807) is 0 Å². The van der Waals surface area contributed by atoms with Crippen LogP contribution in [0.3, 0.4) is 0 Å². The highest BCUT2D eigenvalue weighted by Crippen LogP contribution is 2.29. The largest absolute Gasteiger partial charge is 0.303 e. The molecule has 0 unspecified atom stereocenters. The molecule has 2 heteroatoms. The Balaban J connectivity index is 1.31. The van der Waals surface area contributed by atoms with Crippen molar-refractivity contribution in [2.75, 3.05) is 25.4 Å². The molecule has 0 N–H and O–H groups in total. The molecule has 0 bridgehead atoms. The van der Waals surface area contributed by atoms with E-state index in [9.17, 15) is 0 Å². The molecule has 1 saturated carbocycles. The number of rotatable bonds is 6. The SMILES string of the molecule is Cc1ccc(SCCC2CCN(CC3CCCC3)CC2)cc1. The topological polar surface area (TPSA) is 3.24 Å². The van der Waals surface area contributed by atoms with Crippen LogP contribution in [-0.4, -0.2) is 30.3 Å². The molecule has 1 heterocycles. The molecule has 2 fully saturated rings. The van der Waals surface area contributed by atoms with Gasteiger partial charge in [-0.15, -0.1) is 11.8 Å². The Bertz CT molecular complexity index is 428. The van der Waals surface area contributed by atoms with Gasteiger partial charge in [-0.3, -0.25) is 0 Å². The van der Waals surface area contributed by atoms with Crippen molar-refractivity contribution in [2.45, 2.75) is 56.8 Å². The van der Waals surface area contributed by atoms with Crippen molar-refractivity contribution in [1.82, 2.24) is 4.90 Å². The van der Waals surface area contributed by atoms with Crippen LogP contribution < -0.4 is 0 Å². The second kappa shape index (κ2) is 8.40. The van der Waals surface area contributed by atoms with Gasteiger partial charge in [-0.25, -0.2) is 0 Å². The minimum absolute atomic E-state index is 0.970. The molecule has 1 aliphatic heterocycles. The second-order valence-electron chi connectivity index (χ2n) is 7.34. The molecule has 22 heavy (non-hydrogen) atoms. The summed E-state index contributed by atoms with van der Waals surface area (Å²) in [5.74, 6) is 3.28. The zero-order valence-corrected chi connectivity index (χ0v) is 14.9. The van der Waals surface area contributed by atoms with Crippen molar-refractivity contribution in [3.8, 4) is 0 Å². The third-order valence-corrected chi connectivity index (χ3v) is 6.56. The van der Waals surface area contributed by atoms with E-state index in [4.69, 9.17) is 0 Å². The summed E-state index contributed by atoms with van der Waals surface area (Å²) in [7, 11) is 0. The van der Waals surface area contributed by atoms with Crippen molar-refractivity contribution >= 4 is 11.8 Å². The molecule has 1 aliphatic carbocycles. The van der Waals surface area contributed by atoms with Crippen LogP contribution in [0.1, 0.15) is 50.5 Å². The van der Waals surface area contributed by atoms with E-state index in [1.807, 2.05) is 11.8 Å². The monoisotopic (exact) mass is 317 g/mol. The van der Waals surface area contributed by atoms with Crippen molar-refractivity contribution in [3.05, 3.63) is 29.8 Å². The second-order valence-corrected chi connectivity index (χ2v) is 8.51. The zero-order valence-electron chi connectivity index (χ0n) is 14.1. The molecule has 122 valence electrons. The van der Waals surface area contributed by atoms with Gasteiger partial charge in [0.2, 0.25) is 0 Å². The van der Waals surface area contributed by atoms with Gasteiger partial charge < -0.3 is 4.90 Å². The number of hydrogen-bond acceptors (Lipinski definition) is 2. The van der Waals surface area contributed by atoms with E-state index < -0.39 is 0 Å². The van der Waals surface area contributed by atoms with Crippen molar-refractivity contribution < 1.29 is 0 Å². The predicted octanol–water partition coefficient (Wildman–Crippen LogP) is 5.38. The Morgan fingerprint density at radius 1 is 0.955 bits per heavy atom. The molecule has 3 rings (SSSR count). The van der Waals surface area contributed by atoms with Gasteiger partial charge in [0, 0.05) is 11.4 Å². The molecular formula is C20H31NS. The Labute approximate surface area is 140 Å². The first-order chi connectivity index (χ1) is 10.8. The summed E-state index contributed by atoms with van der Waals surface area (Å²) in [4.78, 5) is 4.18. The molecule has 0 atom stereocenters. The fourth-order valence-electron chi connectivity index (χ4n) is 3.99. The van der Waals surface area contributed by atoms with Gasteiger partial charge in [0.25, 0.3) is 0 Å². The van der Waals surface area contributed by atoms with Gasteiger partial charge in [0.15, 0.2) is 0 Å². The van der Waals surface area contributed by atoms with E-state index >= 15 is 0 Å². The molecule has 0 radical (unpaired) electrons. The van der Waals surface area contributed by atoms with Crippen LogP contribution in [-0.2, 0) is 0 Å². The number of piperidine rings is 1. The van der Waals surface area contributed by atoms with Crippen LogP contribution in [0.5, 0.6) is 0 Å². The molecule has 0 spiro atoms. The summed E-state index contributed by atoms with van der Waals surface area (Å²) in [5.41, 5.74) is 1.36. The minimum atomic E-state index is 0.970. The minimum Gasteiger partial charge on any atom is -0.303 e. The molecule has 1 aromatic carbocycles. The van der Waals surface area contributed by atoms with Crippen LogP contribution in [0.25, 0.3) is 0 Å². The number of thioether (sulfide) groups is 1. The first-order valence-electron chi connectivity index (χ1n) is 9.21. The Kier molecular flexibility index (Phi) is 6.26. The number of nitrogens with zero attached hydrogens (tertiary/aromatic N) is 1. The van der Waals surface area contributed by atoms with E-state index in [2.05, 4.69) is 36.1 Å². The maximum absolute atomic E-state index is 2.75. The van der Waals surface area contributed by atoms with Crippen molar-refractivity contribution in [1.29, 1.82) is 0 Å². The van der Waals surface area contributed by atoms with Gasteiger partial charge in [-0.2, -0.15) is 0 Å². The molecule has 2 aliphatic rings. The number of aryl methyl sites for hydroxylation is 1. The van der Waals surface area contributed by atoms with E-state index in [0.717, 1.165) is 11.8 Å². The van der Waals surface area contributed by atoms with Gasteiger partial charge in [-0.05, 0) is 81.8 Å². The summed E-state index contributed by atoms with van der Waals surface area (Å²) < 4.78 is 0. The Hall–Kier alpha value is -0.470. The van der Waals surface area contributed by atoms with Crippen LogP contribution in [0, 0.1) is 18.8 Å². The number of hydrogen-bond donors (Lipinski definition) is 0.